The van der Waals surface area contributed by atoms with Gasteiger partial charge in [-0.1, -0.05) is 0 Å². The third kappa shape index (κ3) is 1.24. The van der Waals surface area contributed by atoms with Crippen LogP contribution in [-0.2, 0) is 11.3 Å². The summed E-state index contributed by atoms with van der Waals surface area (Å²) < 4.78 is 1.41. The summed E-state index contributed by atoms with van der Waals surface area (Å²) in [6.07, 6.45) is 0.710. The number of imidazole rings is 1. The minimum absolute atomic E-state index is 0.134. The molecule has 0 saturated carbocycles. The molecular weight excluding hydrogens is 144 g/mol. The van der Waals surface area contributed by atoms with E-state index in [9.17, 15) is 9.59 Å². The average Bonchev–Trinajstić information content (AvgIpc) is 2.17. The summed E-state index contributed by atoms with van der Waals surface area (Å²) in [7, 11) is 0. The van der Waals surface area contributed by atoms with Crippen LogP contribution >= 0.6 is 0 Å². The highest BCUT2D eigenvalue weighted by Crippen LogP contribution is 1.97. The number of hydrogen-bond donors (Lipinski definition) is 1. The quantitative estimate of drug-likeness (QED) is 0.609. The Morgan fingerprint density at radius 3 is 2.55 bits per heavy atom. The number of carbonyl (C=O) groups excluding carboxylic acids is 1. The van der Waals surface area contributed by atoms with Gasteiger partial charge < -0.3 is 9.78 Å². The average molecular weight is 154 g/mol. The van der Waals surface area contributed by atoms with Gasteiger partial charge in [0.15, 0.2) is 0 Å². The molecule has 0 spiro atoms. The summed E-state index contributed by atoms with van der Waals surface area (Å²) in [5, 5.41) is 0. The summed E-state index contributed by atoms with van der Waals surface area (Å²) in [6, 6.07) is 0. The second-order valence-corrected chi connectivity index (χ2v) is 2.42. The zero-order chi connectivity index (χ0) is 8.43. The topological polar surface area (TPSA) is 54.9 Å². The van der Waals surface area contributed by atoms with E-state index >= 15 is 0 Å². The van der Waals surface area contributed by atoms with Crippen molar-refractivity contribution in [3.8, 4) is 0 Å². The standard InChI is InChI=1S/C7H10N2O2/c1-5-6(2)9(3-4-10)7(11)8-5/h4H,3H2,1-2H3,(H,8,11). The number of H-pyrrole nitrogens is 1. The molecule has 0 aromatic carbocycles. The fourth-order valence-electron chi connectivity index (χ4n) is 0.967. The van der Waals surface area contributed by atoms with Crippen LogP contribution in [0.4, 0.5) is 0 Å². The summed E-state index contributed by atoms with van der Waals surface area (Å²) >= 11 is 0. The molecule has 0 fully saturated rings. The molecule has 0 amide bonds. The Morgan fingerprint density at radius 2 is 2.18 bits per heavy atom. The van der Waals surface area contributed by atoms with Crippen LogP contribution in [0.15, 0.2) is 4.79 Å². The number of aldehydes is 1. The summed E-state index contributed by atoms with van der Waals surface area (Å²) in [4.78, 5) is 23.7. The van der Waals surface area contributed by atoms with Gasteiger partial charge in [-0.05, 0) is 13.8 Å². The van der Waals surface area contributed by atoms with Crippen molar-refractivity contribution >= 4 is 6.29 Å². The largest absolute Gasteiger partial charge is 0.326 e. The third-order valence-corrected chi connectivity index (χ3v) is 1.74. The van der Waals surface area contributed by atoms with Gasteiger partial charge in [-0.25, -0.2) is 4.79 Å². The van der Waals surface area contributed by atoms with Gasteiger partial charge in [0.25, 0.3) is 0 Å². The van der Waals surface area contributed by atoms with Gasteiger partial charge in [0.1, 0.15) is 6.29 Å². The molecule has 0 aliphatic carbocycles. The van der Waals surface area contributed by atoms with Gasteiger partial charge in [0.2, 0.25) is 0 Å². The third-order valence-electron chi connectivity index (χ3n) is 1.74. The molecule has 1 aromatic rings. The van der Waals surface area contributed by atoms with Crippen molar-refractivity contribution in [2.45, 2.75) is 20.4 Å². The molecule has 0 aliphatic heterocycles. The number of nitrogens with zero attached hydrogens (tertiary/aromatic N) is 1. The first-order valence-electron chi connectivity index (χ1n) is 3.36. The van der Waals surface area contributed by atoms with E-state index in [1.807, 2.05) is 0 Å². The van der Waals surface area contributed by atoms with Crippen molar-refractivity contribution in [3.63, 3.8) is 0 Å². The molecule has 0 bridgehead atoms. The Morgan fingerprint density at radius 1 is 1.55 bits per heavy atom. The monoisotopic (exact) mass is 154 g/mol. The van der Waals surface area contributed by atoms with Crippen LogP contribution in [-0.4, -0.2) is 15.8 Å². The van der Waals surface area contributed by atoms with Gasteiger partial charge in [-0.2, -0.15) is 0 Å². The predicted octanol–water partition coefficient (Wildman–Crippen LogP) is -0.00786. The van der Waals surface area contributed by atoms with Gasteiger partial charge in [-0.3, -0.25) is 4.57 Å². The van der Waals surface area contributed by atoms with Crippen molar-refractivity contribution in [2.75, 3.05) is 0 Å². The van der Waals surface area contributed by atoms with Crippen LogP contribution in [0.5, 0.6) is 0 Å². The fourth-order valence-corrected chi connectivity index (χ4v) is 0.967. The Hall–Kier alpha value is -1.32. The molecule has 60 valence electrons. The van der Waals surface area contributed by atoms with Crippen LogP contribution in [0.2, 0.25) is 0 Å². The highest BCUT2D eigenvalue weighted by Gasteiger charge is 2.03. The number of aryl methyl sites for hydroxylation is 1. The Labute approximate surface area is 63.9 Å². The maximum absolute atomic E-state index is 11.0. The first-order chi connectivity index (χ1) is 5.16. The summed E-state index contributed by atoms with van der Waals surface area (Å²) in [6.45, 7) is 3.74. The van der Waals surface area contributed by atoms with Gasteiger partial charge in [0, 0.05) is 11.4 Å². The number of rotatable bonds is 2. The molecule has 0 unspecified atom stereocenters. The molecule has 4 nitrogen and oxygen atoms in total. The van der Waals surface area contributed by atoms with Crippen molar-refractivity contribution in [1.82, 2.24) is 9.55 Å². The van der Waals surface area contributed by atoms with E-state index in [-0.39, 0.29) is 12.2 Å². The van der Waals surface area contributed by atoms with Crippen LogP contribution in [0.1, 0.15) is 11.4 Å². The predicted molar refractivity (Wildman–Crippen MR) is 40.6 cm³/mol. The molecule has 1 aromatic heterocycles. The molecule has 0 aliphatic rings. The van der Waals surface area contributed by atoms with Crippen molar-refractivity contribution in [1.29, 1.82) is 0 Å². The normalized spacial score (nSPS) is 10.0. The molecule has 0 saturated heterocycles. The molecule has 1 rings (SSSR count). The van der Waals surface area contributed by atoms with E-state index in [0.717, 1.165) is 11.4 Å². The highest BCUT2D eigenvalue weighted by molar-refractivity contribution is 5.49. The second-order valence-electron chi connectivity index (χ2n) is 2.42. The van der Waals surface area contributed by atoms with Gasteiger partial charge in [-0.15, -0.1) is 0 Å². The van der Waals surface area contributed by atoms with Crippen LogP contribution in [0, 0.1) is 13.8 Å². The van der Waals surface area contributed by atoms with E-state index in [4.69, 9.17) is 0 Å². The van der Waals surface area contributed by atoms with Gasteiger partial charge in [0.05, 0.1) is 6.54 Å². The lowest BCUT2D eigenvalue weighted by atomic mass is 10.4. The molecular formula is C7H10N2O2. The van der Waals surface area contributed by atoms with E-state index in [0.29, 0.717) is 6.29 Å². The fraction of sp³-hybridized carbons (Fsp3) is 0.429. The molecule has 0 atom stereocenters. The number of carbonyl (C=O) groups is 1. The Kier molecular flexibility index (Phi) is 1.94. The van der Waals surface area contributed by atoms with Crippen LogP contribution in [0.25, 0.3) is 0 Å². The maximum Gasteiger partial charge on any atom is 0.326 e. The summed E-state index contributed by atoms with van der Waals surface area (Å²) in [5.74, 6) is 0. The lowest BCUT2D eigenvalue weighted by molar-refractivity contribution is -0.108. The van der Waals surface area contributed by atoms with E-state index < -0.39 is 0 Å². The first-order valence-corrected chi connectivity index (χ1v) is 3.36. The highest BCUT2D eigenvalue weighted by atomic mass is 16.1. The van der Waals surface area contributed by atoms with Crippen molar-refractivity contribution in [3.05, 3.63) is 21.9 Å². The van der Waals surface area contributed by atoms with Crippen molar-refractivity contribution < 1.29 is 4.79 Å². The first kappa shape index (κ1) is 7.78. The minimum Gasteiger partial charge on any atom is -0.310 e. The number of aromatic amines is 1. The zero-order valence-corrected chi connectivity index (χ0v) is 6.55. The zero-order valence-electron chi connectivity index (χ0n) is 6.55. The molecule has 0 radical (unpaired) electrons. The Balaban J connectivity index is 3.22. The van der Waals surface area contributed by atoms with E-state index in [1.54, 1.807) is 13.8 Å². The second kappa shape index (κ2) is 2.74. The summed E-state index contributed by atoms with van der Waals surface area (Å²) in [5.41, 5.74) is 1.42. The smallest absolute Gasteiger partial charge is 0.310 e. The minimum atomic E-state index is -0.216. The number of hydrogen-bond acceptors (Lipinski definition) is 2. The Bertz CT molecular complexity index is 322. The molecule has 11 heavy (non-hydrogen) atoms. The lowest BCUT2D eigenvalue weighted by Crippen LogP contribution is -2.18. The van der Waals surface area contributed by atoms with Crippen LogP contribution in [0.3, 0.4) is 0 Å². The molecule has 1 heterocycles. The van der Waals surface area contributed by atoms with Crippen LogP contribution < -0.4 is 5.69 Å². The number of aromatic nitrogens is 2. The maximum atomic E-state index is 11.0. The van der Waals surface area contributed by atoms with Crippen molar-refractivity contribution in [2.24, 2.45) is 0 Å². The van der Waals surface area contributed by atoms with E-state index in [1.165, 1.54) is 4.57 Å². The molecule has 1 N–H and O–H groups in total. The lowest BCUT2D eigenvalue weighted by Gasteiger charge is -1.95. The SMILES string of the molecule is Cc1[nH]c(=O)n(CC=O)c1C. The molecule has 4 heteroatoms. The number of nitrogens with one attached hydrogen (secondary N) is 1. The van der Waals surface area contributed by atoms with Gasteiger partial charge >= 0.3 is 5.69 Å². The van der Waals surface area contributed by atoms with E-state index in [2.05, 4.69) is 4.98 Å².